The van der Waals surface area contributed by atoms with Crippen LogP contribution in [0.5, 0.6) is 5.75 Å². The second-order valence-electron chi connectivity index (χ2n) is 4.71. The van der Waals surface area contributed by atoms with Crippen LogP contribution in [0.25, 0.3) is 0 Å². The van der Waals surface area contributed by atoms with Gasteiger partial charge in [0.2, 0.25) is 0 Å². The van der Waals surface area contributed by atoms with Crippen molar-refractivity contribution in [1.29, 1.82) is 0 Å². The summed E-state index contributed by atoms with van der Waals surface area (Å²) in [4.78, 5) is 23.6. The fourth-order valence-corrected chi connectivity index (χ4v) is 2.10. The summed E-state index contributed by atoms with van der Waals surface area (Å²) in [7, 11) is 1.48. The van der Waals surface area contributed by atoms with E-state index >= 15 is 0 Å². The van der Waals surface area contributed by atoms with Crippen molar-refractivity contribution in [2.45, 2.75) is 12.8 Å². The maximum absolute atomic E-state index is 12.4. The summed E-state index contributed by atoms with van der Waals surface area (Å²) in [5.74, 6) is -1.38. The number of carboxylic acid groups (broad SMARTS) is 1. The van der Waals surface area contributed by atoms with E-state index in [0.717, 1.165) is 0 Å². The number of hydrogen-bond acceptors (Lipinski definition) is 3. The summed E-state index contributed by atoms with van der Waals surface area (Å²) in [5, 5.41) is 9.16. The molecule has 1 atom stereocenters. The Morgan fingerprint density at radius 3 is 2.29 bits per heavy atom. The van der Waals surface area contributed by atoms with Gasteiger partial charge in [-0.15, -0.1) is 0 Å². The molecule has 2 rings (SSSR count). The normalized spacial score (nSPS) is 11.7. The minimum absolute atomic E-state index is 0.142. The number of rotatable bonds is 5. The molecule has 0 unspecified atom stereocenters. The summed E-state index contributed by atoms with van der Waals surface area (Å²) < 4.78 is 5.18. The standard InChI is InChI=1S/C17H16O4/c1-11(17(19)20)14-10-13(8-9-15(14)21-2)16(18)12-6-4-3-5-7-12/h3-11H,1-2H3,(H,19,20)/t11-/m0/s1. The second kappa shape index (κ2) is 6.22. The van der Waals surface area contributed by atoms with Gasteiger partial charge in [0.25, 0.3) is 0 Å². The average molecular weight is 284 g/mol. The number of benzene rings is 2. The summed E-state index contributed by atoms with van der Waals surface area (Å²) >= 11 is 0. The van der Waals surface area contributed by atoms with Gasteiger partial charge < -0.3 is 9.84 Å². The van der Waals surface area contributed by atoms with Crippen molar-refractivity contribution in [1.82, 2.24) is 0 Å². The van der Waals surface area contributed by atoms with E-state index in [4.69, 9.17) is 9.84 Å². The van der Waals surface area contributed by atoms with Gasteiger partial charge in [-0.2, -0.15) is 0 Å². The van der Waals surface area contributed by atoms with E-state index in [2.05, 4.69) is 0 Å². The maximum Gasteiger partial charge on any atom is 0.310 e. The summed E-state index contributed by atoms with van der Waals surface area (Å²) in [5.41, 5.74) is 1.51. The lowest BCUT2D eigenvalue weighted by Crippen LogP contribution is -2.11. The zero-order valence-electron chi connectivity index (χ0n) is 11.9. The van der Waals surface area contributed by atoms with Crippen molar-refractivity contribution in [3.05, 3.63) is 65.2 Å². The third kappa shape index (κ3) is 3.11. The lowest BCUT2D eigenvalue weighted by atomic mass is 9.95. The van der Waals surface area contributed by atoms with Crippen LogP contribution in [-0.2, 0) is 4.79 Å². The number of carbonyl (C=O) groups excluding carboxylic acids is 1. The predicted octanol–water partition coefficient (Wildman–Crippen LogP) is 3.11. The number of ether oxygens (including phenoxy) is 1. The van der Waals surface area contributed by atoms with Crippen LogP contribution >= 0.6 is 0 Å². The molecule has 0 heterocycles. The number of ketones is 1. The zero-order valence-corrected chi connectivity index (χ0v) is 11.9. The van der Waals surface area contributed by atoms with E-state index in [1.54, 1.807) is 49.4 Å². The molecule has 2 aromatic rings. The van der Waals surface area contributed by atoms with Gasteiger partial charge in [0.15, 0.2) is 5.78 Å². The molecule has 1 N–H and O–H groups in total. The van der Waals surface area contributed by atoms with Crippen molar-refractivity contribution in [3.8, 4) is 5.75 Å². The minimum Gasteiger partial charge on any atom is -0.496 e. The molecule has 0 fully saturated rings. The molecule has 0 saturated carbocycles. The second-order valence-corrected chi connectivity index (χ2v) is 4.71. The summed E-state index contributed by atoms with van der Waals surface area (Å²) in [6, 6.07) is 13.7. The first kappa shape index (κ1) is 14.8. The van der Waals surface area contributed by atoms with Crippen LogP contribution < -0.4 is 4.74 Å². The Hall–Kier alpha value is -2.62. The first-order chi connectivity index (χ1) is 10.0. The molecule has 0 aromatic heterocycles. The molecule has 0 bridgehead atoms. The van der Waals surface area contributed by atoms with E-state index < -0.39 is 11.9 Å². The quantitative estimate of drug-likeness (QED) is 0.857. The Labute approximate surface area is 123 Å². The maximum atomic E-state index is 12.4. The molecule has 0 aliphatic carbocycles. The van der Waals surface area contributed by atoms with E-state index in [1.807, 2.05) is 6.07 Å². The molecule has 0 saturated heterocycles. The molecule has 0 amide bonds. The molecule has 4 nitrogen and oxygen atoms in total. The van der Waals surface area contributed by atoms with E-state index in [-0.39, 0.29) is 5.78 Å². The Morgan fingerprint density at radius 1 is 1.05 bits per heavy atom. The summed E-state index contributed by atoms with van der Waals surface area (Å²) in [6.07, 6.45) is 0. The van der Waals surface area contributed by atoms with E-state index in [9.17, 15) is 9.59 Å². The number of carboxylic acids is 1. The van der Waals surface area contributed by atoms with Crippen LogP contribution in [-0.4, -0.2) is 24.0 Å². The van der Waals surface area contributed by atoms with Gasteiger partial charge in [-0.25, -0.2) is 0 Å². The van der Waals surface area contributed by atoms with Crippen LogP contribution in [0.4, 0.5) is 0 Å². The van der Waals surface area contributed by atoms with Gasteiger partial charge in [-0.3, -0.25) is 9.59 Å². The van der Waals surface area contributed by atoms with Crippen molar-refractivity contribution in [2.75, 3.05) is 7.11 Å². The first-order valence-corrected chi connectivity index (χ1v) is 6.55. The number of hydrogen-bond donors (Lipinski definition) is 1. The first-order valence-electron chi connectivity index (χ1n) is 6.55. The summed E-state index contributed by atoms with van der Waals surface area (Å²) in [6.45, 7) is 1.57. The lowest BCUT2D eigenvalue weighted by molar-refractivity contribution is -0.138. The predicted molar refractivity (Wildman–Crippen MR) is 78.9 cm³/mol. The molecular weight excluding hydrogens is 268 g/mol. The molecule has 2 aromatic carbocycles. The van der Waals surface area contributed by atoms with E-state index in [0.29, 0.717) is 22.4 Å². The fourth-order valence-electron chi connectivity index (χ4n) is 2.10. The highest BCUT2D eigenvalue weighted by molar-refractivity contribution is 6.09. The fraction of sp³-hybridized carbons (Fsp3) is 0.176. The highest BCUT2D eigenvalue weighted by Gasteiger charge is 2.20. The van der Waals surface area contributed by atoms with Gasteiger partial charge in [-0.1, -0.05) is 30.3 Å². The molecular formula is C17H16O4. The van der Waals surface area contributed by atoms with Crippen molar-refractivity contribution >= 4 is 11.8 Å². The Morgan fingerprint density at radius 2 is 1.71 bits per heavy atom. The molecule has 4 heteroatoms. The average Bonchev–Trinajstić information content (AvgIpc) is 2.53. The van der Waals surface area contributed by atoms with Gasteiger partial charge in [-0.05, 0) is 25.1 Å². The smallest absolute Gasteiger partial charge is 0.310 e. The molecule has 21 heavy (non-hydrogen) atoms. The van der Waals surface area contributed by atoms with E-state index in [1.165, 1.54) is 7.11 Å². The van der Waals surface area contributed by atoms with Crippen molar-refractivity contribution in [3.63, 3.8) is 0 Å². The lowest BCUT2D eigenvalue weighted by Gasteiger charge is -2.13. The highest BCUT2D eigenvalue weighted by Crippen LogP contribution is 2.28. The highest BCUT2D eigenvalue weighted by atomic mass is 16.5. The van der Waals surface area contributed by atoms with Crippen LogP contribution in [0.3, 0.4) is 0 Å². The molecule has 108 valence electrons. The topological polar surface area (TPSA) is 63.6 Å². The van der Waals surface area contributed by atoms with Crippen LogP contribution in [0.15, 0.2) is 48.5 Å². The van der Waals surface area contributed by atoms with Gasteiger partial charge in [0.1, 0.15) is 5.75 Å². The minimum atomic E-state index is -0.961. The molecule has 0 spiro atoms. The number of methoxy groups -OCH3 is 1. The Bertz CT molecular complexity index is 662. The van der Waals surface area contributed by atoms with Crippen LogP contribution in [0.1, 0.15) is 34.3 Å². The molecule has 0 aliphatic heterocycles. The zero-order chi connectivity index (χ0) is 15.4. The Balaban J connectivity index is 2.45. The van der Waals surface area contributed by atoms with Gasteiger partial charge >= 0.3 is 5.97 Å². The number of carbonyl (C=O) groups is 2. The molecule has 0 radical (unpaired) electrons. The molecule has 0 aliphatic rings. The SMILES string of the molecule is COc1ccc(C(=O)c2ccccc2)cc1[C@H](C)C(=O)O. The van der Waals surface area contributed by atoms with Crippen LogP contribution in [0, 0.1) is 0 Å². The van der Waals surface area contributed by atoms with Crippen molar-refractivity contribution < 1.29 is 19.4 Å². The number of aliphatic carboxylic acids is 1. The van der Waals surface area contributed by atoms with Crippen LogP contribution in [0.2, 0.25) is 0 Å². The third-order valence-electron chi connectivity index (χ3n) is 3.36. The monoisotopic (exact) mass is 284 g/mol. The van der Waals surface area contributed by atoms with Gasteiger partial charge in [0, 0.05) is 16.7 Å². The third-order valence-corrected chi connectivity index (χ3v) is 3.36. The van der Waals surface area contributed by atoms with Gasteiger partial charge in [0.05, 0.1) is 13.0 Å². The van der Waals surface area contributed by atoms with Crippen molar-refractivity contribution in [2.24, 2.45) is 0 Å². The Kier molecular flexibility index (Phi) is 4.38. The largest absolute Gasteiger partial charge is 0.496 e.